The Balaban J connectivity index is 0.000000450. The second-order valence-corrected chi connectivity index (χ2v) is 8.01. The topological polar surface area (TPSA) is 94.3 Å². The average molecular weight is 485 g/mol. The Morgan fingerprint density at radius 2 is 1.78 bits per heavy atom. The Morgan fingerprint density at radius 3 is 2.25 bits per heavy atom. The highest BCUT2D eigenvalue weighted by Gasteiger charge is 2.12. The summed E-state index contributed by atoms with van der Waals surface area (Å²) < 4.78 is 1.81. The Bertz CT molecular complexity index is 1290. The second kappa shape index (κ2) is 14.2. The summed E-state index contributed by atoms with van der Waals surface area (Å²) in [7, 11) is 0. The van der Waals surface area contributed by atoms with Crippen LogP contribution in [0.4, 0.5) is 5.69 Å². The zero-order valence-electron chi connectivity index (χ0n) is 22.4. The lowest BCUT2D eigenvalue weighted by Crippen LogP contribution is -2.13. The maximum absolute atomic E-state index is 5.81. The third kappa shape index (κ3) is 7.87. The van der Waals surface area contributed by atoms with Crippen molar-refractivity contribution in [3.8, 4) is 0 Å². The number of nitrogens with zero attached hydrogens (tertiary/aromatic N) is 3. The molecule has 0 spiro atoms. The number of hydrogen-bond acceptors (Lipinski definition) is 5. The van der Waals surface area contributed by atoms with E-state index in [1.165, 1.54) is 11.8 Å². The lowest BCUT2D eigenvalue weighted by atomic mass is 9.90. The first-order chi connectivity index (χ1) is 17.1. The number of rotatable bonds is 5. The number of benzene rings is 1. The van der Waals surface area contributed by atoms with Gasteiger partial charge in [0.15, 0.2) is 5.65 Å². The van der Waals surface area contributed by atoms with Gasteiger partial charge in [-0.25, -0.2) is 9.50 Å². The predicted octanol–water partition coefficient (Wildman–Crippen LogP) is 6.59. The minimum atomic E-state index is 0.636. The molecule has 190 valence electrons. The molecule has 0 unspecified atom stereocenters. The number of allylic oxidation sites excluding steroid dienone is 5. The van der Waals surface area contributed by atoms with E-state index >= 15 is 0 Å². The molecule has 6 heteroatoms. The fraction of sp³-hybridized carbons (Fsp3) is 0.200. The largest absolute Gasteiger partial charge is 0.405 e. The number of hydrogen-bond donors (Lipinski definition) is 3. The molecule has 2 aromatic heterocycles. The molecule has 0 amide bonds. The number of anilines is 1. The zero-order valence-corrected chi connectivity index (χ0v) is 22.4. The van der Waals surface area contributed by atoms with Crippen molar-refractivity contribution >= 4 is 22.6 Å². The summed E-state index contributed by atoms with van der Waals surface area (Å²) in [6, 6.07) is 9.73. The van der Waals surface area contributed by atoms with Crippen molar-refractivity contribution in [2.45, 2.75) is 41.2 Å². The maximum atomic E-state index is 5.81. The first-order valence-electron chi connectivity index (χ1n) is 11.8. The van der Waals surface area contributed by atoms with Crippen LogP contribution in [0.1, 0.15) is 50.2 Å². The van der Waals surface area contributed by atoms with E-state index < -0.39 is 0 Å². The van der Waals surface area contributed by atoms with Gasteiger partial charge in [0, 0.05) is 17.8 Å². The van der Waals surface area contributed by atoms with Crippen LogP contribution in [0.25, 0.3) is 16.9 Å². The Morgan fingerprint density at radius 1 is 1.14 bits per heavy atom. The van der Waals surface area contributed by atoms with Crippen molar-refractivity contribution in [1.82, 2.24) is 19.9 Å². The number of fused-ring (bicyclic) bond motifs is 1. The minimum absolute atomic E-state index is 0.636. The molecule has 2 heterocycles. The average Bonchev–Trinajstić information content (AvgIpc) is 3.24. The molecule has 4 rings (SSSR count). The lowest BCUT2D eigenvalue weighted by molar-refractivity contribution is 0.874. The molecule has 0 saturated carbocycles. The fourth-order valence-corrected chi connectivity index (χ4v) is 3.14. The van der Waals surface area contributed by atoms with Crippen molar-refractivity contribution < 1.29 is 0 Å². The van der Waals surface area contributed by atoms with Crippen molar-refractivity contribution in [3.05, 3.63) is 121 Å². The molecule has 0 saturated heterocycles. The standard InChI is InChI=1S/C19H21N5.C7H8.C2H5N.C2H6/c1-12(2)18-9-17(23-19-13(3)10-22-24(18)19)14(4)21-11-15-6-5-7-16(20)8-15;1-5-4-6(2)7(5)3;1-2-3;1-2/h5-10,21H,1,4,11,20H2,2-3H3;4H,1,3H2,2H3;2H,1,3H2;1-2H3. The van der Waals surface area contributed by atoms with E-state index in [0.717, 1.165) is 56.3 Å². The molecule has 5 N–H and O–H groups in total. The summed E-state index contributed by atoms with van der Waals surface area (Å²) >= 11 is 0. The van der Waals surface area contributed by atoms with Gasteiger partial charge in [0.05, 0.1) is 23.3 Å². The Kier molecular flexibility index (Phi) is 11.7. The summed E-state index contributed by atoms with van der Waals surface area (Å²) in [5.41, 5.74) is 21.0. The van der Waals surface area contributed by atoms with Crippen LogP contribution in [0.5, 0.6) is 0 Å². The first-order valence-corrected chi connectivity index (χ1v) is 11.8. The molecule has 6 nitrogen and oxygen atoms in total. The van der Waals surface area contributed by atoms with Gasteiger partial charge in [0.1, 0.15) is 0 Å². The summed E-state index contributed by atoms with van der Waals surface area (Å²) in [6.45, 7) is 29.4. The summed E-state index contributed by atoms with van der Waals surface area (Å²) in [5.74, 6) is 0. The number of aryl methyl sites for hydroxylation is 1. The number of nitrogens with two attached hydrogens (primary N) is 2. The van der Waals surface area contributed by atoms with E-state index in [2.05, 4.69) is 54.0 Å². The van der Waals surface area contributed by atoms with Gasteiger partial charge in [-0.05, 0) is 73.0 Å². The molecule has 0 radical (unpaired) electrons. The molecule has 0 atom stereocenters. The van der Waals surface area contributed by atoms with Gasteiger partial charge in [-0.1, -0.05) is 65.0 Å². The van der Waals surface area contributed by atoms with Crippen molar-refractivity contribution in [2.24, 2.45) is 5.73 Å². The highest BCUT2D eigenvalue weighted by molar-refractivity contribution is 5.69. The van der Waals surface area contributed by atoms with E-state index in [1.807, 2.05) is 81.7 Å². The van der Waals surface area contributed by atoms with Gasteiger partial charge >= 0.3 is 0 Å². The van der Waals surface area contributed by atoms with Crippen molar-refractivity contribution in [3.63, 3.8) is 0 Å². The molecule has 0 aliphatic heterocycles. The van der Waals surface area contributed by atoms with Crippen molar-refractivity contribution in [1.29, 1.82) is 0 Å². The molecule has 1 aromatic carbocycles. The molecule has 0 fully saturated rings. The molecule has 0 bridgehead atoms. The van der Waals surface area contributed by atoms with E-state index in [1.54, 1.807) is 0 Å². The molecular formula is C30H40N6. The highest BCUT2D eigenvalue weighted by Crippen LogP contribution is 2.27. The third-order valence-electron chi connectivity index (χ3n) is 5.11. The van der Waals surface area contributed by atoms with Gasteiger partial charge < -0.3 is 16.8 Å². The van der Waals surface area contributed by atoms with Gasteiger partial charge in [-0.2, -0.15) is 5.10 Å². The highest BCUT2D eigenvalue weighted by atomic mass is 15.3. The van der Waals surface area contributed by atoms with E-state index in [4.69, 9.17) is 5.73 Å². The zero-order chi connectivity index (χ0) is 27.4. The van der Waals surface area contributed by atoms with Crippen molar-refractivity contribution in [2.75, 3.05) is 5.73 Å². The van der Waals surface area contributed by atoms with Crippen LogP contribution in [0, 0.1) is 6.92 Å². The van der Waals surface area contributed by atoms with Crippen LogP contribution in [-0.4, -0.2) is 14.6 Å². The molecule has 36 heavy (non-hydrogen) atoms. The Hall–Kier alpha value is -4.32. The summed E-state index contributed by atoms with van der Waals surface area (Å²) in [5, 5.41) is 7.69. The van der Waals surface area contributed by atoms with Crippen LogP contribution in [-0.2, 0) is 6.54 Å². The molecule has 1 aliphatic carbocycles. The molecule has 3 aromatic rings. The Labute approximate surface area is 216 Å². The van der Waals surface area contributed by atoms with Crippen LogP contribution in [0.3, 0.4) is 0 Å². The quantitative estimate of drug-likeness (QED) is 0.355. The molecular weight excluding hydrogens is 444 g/mol. The smallest absolute Gasteiger partial charge is 0.159 e. The third-order valence-corrected chi connectivity index (χ3v) is 5.11. The van der Waals surface area contributed by atoms with Crippen LogP contribution >= 0.6 is 0 Å². The number of aromatic nitrogens is 3. The predicted molar refractivity (Wildman–Crippen MR) is 157 cm³/mol. The second-order valence-electron chi connectivity index (χ2n) is 8.01. The van der Waals surface area contributed by atoms with Gasteiger partial charge in [0.25, 0.3) is 0 Å². The van der Waals surface area contributed by atoms with Crippen LogP contribution in [0.2, 0.25) is 0 Å². The van der Waals surface area contributed by atoms with E-state index in [0.29, 0.717) is 6.54 Å². The lowest BCUT2D eigenvalue weighted by Gasteiger charge is -2.15. The fourth-order valence-electron chi connectivity index (χ4n) is 3.14. The number of nitrogen functional groups attached to an aromatic ring is 1. The summed E-state index contributed by atoms with van der Waals surface area (Å²) in [6.07, 6.45) is 5.09. The van der Waals surface area contributed by atoms with Crippen LogP contribution < -0.4 is 16.8 Å². The first kappa shape index (κ1) is 29.7. The van der Waals surface area contributed by atoms with E-state index in [9.17, 15) is 0 Å². The minimum Gasteiger partial charge on any atom is -0.405 e. The normalized spacial score (nSPS) is 11.3. The monoisotopic (exact) mass is 484 g/mol. The summed E-state index contributed by atoms with van der Waals surface area (Å²) in [4.78, 5) is 4.68. The van der Waals surface area contributed by atoms with Gasteiger partial charge in [-0.3, -0.25) is 0 Å². The maximum Gasteiger partial charge on any atom is 0.159 e. The van der Waals surface area contributed by atoms with Gasteiger partial charge in [-0.15, -0.1) is 0 Å². The van der Waals surface area contributed by atoms with Crippen LogP contribution in [0.15, 0.2) is 98.4 Å². The SMILES string of the molecule is C=C(NCc1cccc(N)c1)c1cc(C(=C)C)n2ncc(C)c2n1.C=C1C=C(C)C1=C.C=CN.CC. The van der Waals surface area contributed by atoms with E-state index in [-0.39, 0.29) is 0 Å². The van der Waals surface area contributed by atoms with Gasteiger partial charge in [0.2, 0.25) is 0 Å². The number of nitrogens with one attached hydrogen (secondary N) is 1. The molecule has 1 aliphatic rings.